The standard InChI is InChI=1S/C13H20ClNO/c1-10-3-2-4-11(7-10)8-15-9-12-5-6-13(14)16-12/h5-6,10-11,15H,2-4,7-9H2,1H3. The fraction of sp³-hybridized carbons (Fsp3) is 0.692. The zero-order valence-electron chi connectivity index (χ0n) is 9.84. The van der Waals surface area contributed by atoms with Gasteiger partial charge in [0.05, 0.1) is 6.54 Å². The first kappa shape index (κ1) is 12.0. The van der Waals surface area contributed by atoms with Gasteiger partial charge >= 0.3 is 0 Å². The average molecular weight is 242 g/mol. The van der Waals surface area contributed by atoms with Crippen LogP contribution in [0.4, 0.5) is 0 Å². The van der Waals surface area contributed by atoms with Gasteiger partial charge in [-0.2, -0.15) is 0 Å². The Morgan fingerprint density at radius 1 is 1.44 bits per heavy atom. The van der Waals surface area contributed by atoms with E-state index >= 15 is 0 Å². The lowest BCUT2D eigenvalue weighted by Gasteiger charge is -2.26. The van der Waals surface area contributed by atoms with Crippen LogP contribution in [-0.2, 0) is 6.54 Å². The third-order valence-corrected chi connectivity index (χ3v) is 3.61. The Labute approximate surface area is 102 Å². The third kappa shape index (κ3) is 3.53. The maximum Gasteiger partial charge on any atom is 0.193 e. The number of hydrogen-bond acceptors (Lipinski definition) is 2. The quantitative estimate of drug-likeness (QED) is 0.866. The summed E-state index contributed by atoms with van der Waals surface area (Å²) in [6.07, 6.45) is 5.53. The van der Waals surface area contributed by atoms with Gasteiger partial charge < -0.3 is 9.73 Å². The van der Waals surface area contributed by atoms with Crippen LogP contribution in [0.15, 0.2) is 16.5 Å². The molecule has 0 spiro atoms. The molecule has 1 heterocycles. The summed E-state index contributed by atoms with van der Waals surface area (Å²) >= 11 is 5.71. The molecule has 0 amide bonds. The van der Waals surface area contributed by atoms with E-state index in [0.29, 0.717) is 5.22 Å². The summed E-state index contributed by atoms with van der Waals surface area (Å²) in [6, 6.07) is 3.72. The highest BCUT2D eigenvalue weighted by molar-refractivity contribution is 6.28. The third-order valence-electron chi connectivity index (χ3n) is 3.41. The van der Waals surface area contributed by atoms with Gasteiger partial charge in [-0.05, 0) is 55.0 Å². The predicted octanol–water partition coefficient (Wildman–Crippen LogP) is 3.85. The van der Waals surface area contributed by atoms with Crippen LogP contribution in [0, 0.1) is 11.8 Å². The normalized spacial score (nSPS) is 25.9. The lowest BCUT2D eigenvalue weighted by molar-refractivity contribution is 0.272. The van der Waals surface area contributed by atoms with Crippen molar-refractivity contribution in [1.82, 2.24) is 5.32 Å². The second kappa shape index (κ2) is 5.74. The van der Waals surface area contributed by atoms with Crippen LogP contribution in [0.3, 0.4) is 0 Å². The van der Waals surface area contributed by atoms with Crippen LogP contribution in [0.5, 0.6) is 0 Å². The summed E-state index contributed by atoms with van der Waals surface area (Å²) in [5.41, 5.74) is 0. The second-order valence-electron chi connectivity index (χ2n) is 4.97. The summed E-state index contributed by atoms with van der Waals surface area (Å²) in [5.74, 6) is 2.67. The van der Waals surface area contributed by atoms with Gasteiger partial charge in [-0.3, -0.25) is 0 Å². The van der Waals surface area contributed by atoms with Crippen LogP contribution < -0.4 is 5.32 Å². The zero-order chi connectivity index (χ0) is 11.4. The van der Waals surface area contributed by atoms with E-state index in [4.69, 9.17) is 16.0 Å². The molecule has 0 bridgehead atoms. The van der Waals surface area contributed by atoms with E-state index in [1.54, 1.807) is 6.07 Å². The van der Waals surface area contributed by atoms with Crippen molar-refractivity contribution in [1.29, 1.82) is 0 Å². The zero-order valence-corrected chi connectivity index (χ0v) is 10.6. The number of halogens is 1. The van der Waals surface area contributed by atoms with Crippen molar-refractivity contribution < 1.29 is 4.42 Å². The van der Waals surface area contributed by atoms with Crippen molar-refractivity contribution in [3.8, 4) is 0 Å². The van der Waals surface area contributed by atoms with Crippen LogP contribution >= 0.6 is 11.6 Å². The minimum atomic E-state index is 0.475. The van der Waals surface area contributed by atoms with Crippen LogP contribution in [0.1, 0.15) is 38.4 Å². The molecule has 1 aromatic rings. The van der Waals surface area contributed by atoms with E-state index in [-0.39, 0.29) is 0 Å². The molecule has 0 radical (unpaired) electrons. The monoisotopic (exact) mass is 241 g/mol. The highest BCUT2D eigenvalue weighted by Gasteiger charge is 2.18. The molecule has 3 heteroatoms. The molecule has 2 nitrogen and oxygen atoms in total. The average Bonchev–Trinajstić information content (AvgIpc) is 2.64. The summed E-state index contributed by atoms with van der Waals surface area (Å²) in [7, 11) is 0. The van der Waals surface area contributed by atoms with Crippen LogP contribution in [-0.4, -0.2) is 6.54 Å². The minimum Gasteiger partial charge on any atom is -0.448 e. The van der Waals surface area contributed by atoms with E-state index in [2.05, 4.69) is 12.2 Å². The van der Waals surface area contributed by atoms with E-state index in [9.17, 15) is 0 Å². The van der Waals surface area contributed by atoms with Gasteiger partial charge in [0.1, 0.15) is 5.76 Å². The molecular weight excluding hydrogens is 222 g/mol. The first-order valence-corrected chi connectivity index (χ1v) is 6.57. The molecule has 0 aromatic carbocycles. The molecule has 2 atom stereocenters. The smallest absolute Gasteiger partial charge is 0.193 e. The number of nitrogens with one attached hydrogen (secondary N) is 1. The Balaban J connectivity index is 1.67. The summed E-state index contributed by atoms with van der Waals surface area (Å²) in [5, 5.41) is 3.93. The Hall–Kier alpha value is -0.470. The Morgan fingerprint density at radius 2 is 2.31 bits per heavy atom. The molecule has 0 aliphatic heterocycles. The molecule has 2 unspecified atom stereocenters. The van der Waals surface area contributed by atoms with Gasteiger partial charge in [-0.25, -0.2) is 0 Å². The maximum atomic E-state index is 5.71. The van der Waals surface area contributed by atoms with Crippen molar-refractivity contribution >= 4 is 11.6 Å². The molecular formula is C13H20ClNO. The molecule has 1 N–H and O–H groups in total. The van der Waals surface area contributed by atoms with Gasteiger partial charge in [-0.1, -0.05) is 19.8 Å². The lowest BCUT2D eigenvalue weighted by atomic mass is 9.82. The Morgan fingerprint density at radius 3 is 3.00 bits per heavy atom. The SMILES string of the molecule is CC1CCCC(CNCc2ccc(Cl)o2)C1. The first-order chi connectivity index (χ1) is 7.74. The Kier molecular flexibility index (Phi) is 4.30. The molecule has 1 fully saturated rings. The van der Waals surface area contributed by atoms with Crippen molar-refractivity contribution in [2.24, 2.45) is 11.8 Å². The van der Waals surface area contributed by atoms with Gasteiger partial charge in [0.25, 0.3) is 0 Å². The molecule has 0 saturated heterocycles. The van der Waals surface area contributed by atoms with Crippen LogP contribution in [0.2, 0.25) is 5.22 Å². The number of furan rings is 1. The molecule has 2 rings (SSSR count). The van der Waals surface area contributed by atoms with Gasteiger partial charge in [0, 0.05) is 0 Å². The van der Waals surface area contributed by atoms with Crippen molar-refractivity contribution in [2.75, 3.05) is 6.54 Å². The molecule has 1 saturated carbocycles. The highest BCUT2D eigenvalue weighted by Crippen LogP contribution is 2.27. The van der Waals surface area contributed by atoms with Crippen LogP contribution in [0.25, 0.3) is 0 Å². The summed E-state index contributed by atoms with van der Waals surface area (Å²) < 4.78 is 5.30. The summed E-state index contributed by atoms with van der Waals surface area (Å²) in [6.45, 7) is 4.25. The first-order valence-electron chi connectivity index (χ1n) is 6.19. The highest BCUT2D eigenvalue weighted by atomic mass is 35.5. The second-order valence-corrected chi connectivity index (χ2v) is 5.35. The predicted molar refractivity (Wildman–Crippen MR) is 66.5 cm³/mol. The van der Waals surface area contributed by atoms with E-state index in [1.165, 1.54) is 25.7 Å². The topological polar surface area (TPSA) is 25.2 Å². The van der Waals surface area contributed by atoms with Crippen molar-refractivity contribution in [2.45, 2.75) is 39.2 Å². The largest absolute Gasteiger partial charge is 0.448 e. The molecule has 1 aliphatic rings. The molecule has 90 valence electrons. The van der Waals surface area contributed by atoms with Crippen molar-refractivity contribution in [3.63, 3.8) is 0 Å². The molecule has 16 heavy (non-hydrogen) atoms. The maximum absolute atomic E-state index is 5.71. The lowest BCUT2D eigenvalue weighted by Crippen LogP contribution is -2.26. The fourth-order valence-corrected chi connectivity index (χ4v) is 2.75. The van der Waals surface area contributed by atoms with Gasteiger partial charge in [0.2, 0.25) is 0 Å². The summed E-state index contributed by atoms with van der Waals surface area (Å²) in [4.78, 5) is 0. The molecule has 1 aliphatic carbocycles. The van der Waals surface area contributed by atoms with E-state index in [0.717, 1.165) is 30.7 Å². The minimum absolute atomic E-state index is 0.475. The van der Waals surface area contributed by atoms with E-state index < -0.39 is 0 Å². The Bertz CT molecular complexity index is 323. The van der Waals surface area contributed by atoms with E-state index in [1.807, 2.05) is 6.07 Å². The van der Waals surface area contributed by atoms with Gasteiger partial charge in [-0.15, -0.1) is 0 Å². The van der Waals surface area contributed by atoms with Gasteiger partial charge in [0.15, 0.2) is 5.22 Å². The number of rotatable bonds is 4. The number of hydrogen-bond donors (Lipinski definition) is 1. The fourth-order valence-electron chi connectivity index (χ4n) is 2.59. The van der Waals surface area contributed by atoms with Crippen molar-refractivity contribution in [3.05, 3.63) is 23.1 Å². The molecule has 1 aromatic heterocycles.